The Hall–Kier alpha value is -3.12. The molecule has 0 aliphatic heterocycles. The highest BCUT2D eigenvalue weighted by molar-refractivity contribution is 5.47. The van der Waals surface area contributed by atoms with Gasteiger partial charge in [0.2, 0.25) is 0 Å². The maximum Gasteiger partial charge on any atom is -0.0163 e. The van der Waals surface area contributed by atoms with Gasteiger partial charge in [0.05, 0.1) is 0 Å². The maximum atomic E-state index is 3.69. The molecule has 0 radical (unpaired) electrons. The molecule has 0 aromatic heterocycles. The number of hydrogen-bond donors (Lipinski definition) is 0. The molecule has 0 amide bonds. The van der Waals surface area contributed by atoms with Crippen molar-refractivity contribution < 1.29 is 0 Å². The second-order valence-electron chi connectivity index (χ2n) is 9.20. The molecule has 0 nitrogen and oxygen atoms in total. The van der Waals surface area contributed by atoms with E-state index in [4.69, 9.17) is 0 Å². The normalized spacial score (nSPS) is 11.6. The van der Waals surface area contributed by atoms with Gasteiger partial charge in [-0.25, -0.2) is 0 Å². The Morgan fingerprint density at radius 2 is 0.816 bits per heavy atom. The highest BCUT2D eigenvalue weighted by Gasteiger charge is 1.87. The van der Waals surface area contributed by atoms with Crippen LogP contribution in [0.4, 0.5) is 0 Å². The molecule has 0 heterocycles. The summed E-state index contributed by atoms with van der Waals surface area (Å²) < 4.78 is 0. The molecule has 0 N–H and O–H groups in total. The summed E-state index contributed by atoms with van der Waals surface area (Å²) >= 11 is 0. The lowest BCUT2D eigenvalue weighted by molar-refractivity contribution is 0.624. The molecular weight excluding hydrogens is 456 g/mol. The third kappa shape index (κ3) is 21.0. The molecule has 0 spiro atoms. The van der Waals surface area contributed by atoms with E-state index in [1.54, 1.807) is 0 Å². The van der Waals surface area contributed by atoms with Gasteiger partial charge in [-0.15, -0.1) is 0 Å². The van der Waals surface area contributed by atoms with E-state index < -0.39 is 0 Å². The number of allylic oxidation sites excluding steroid dienone is 8. The van der Waals surface area contributed by atoms with Gasteiger partial charge in [0.25, 0.3) is 0 Å². The van der Waals surface area contributed by atoms with Gasteiger partial charge in [0.15, 0.2) is 0 Å². The molecule has 2 aliphatic carbocycles. The molecule has 206 valence electrons. The first kappa shape index (κ1) is 34.9. The van der Waals surface area contributed by atoms with Crippen molar-refractivity contribution >= 4 is 12.2 Å². The van der Waals surface area contributed by atoms with Gasteiger partial charge in [-0.3, -0.25) is 0 Å². The largest absolute Gasteiger partial charge is 0.0985 e. The molecule has 38 heavy (non-hydrogen) atoms. The second-order valence-corrected chi connectivity index (χ2v) is 9.20. The van der Waals surface area contributed by atoms with Crippen LogP contribution in [-0.2, 0) is 12.8 Å². The lowest BCUT2D eigenvalue weighted by atomic mass is 10.1. The van der Waals surface area contributed by atoms with E-state index in [1.807, 2.05) is 12.2 Å². The zero-order valence-electron chi connectivity index (χ0n) is 24.9. The minimum atomic E-state index is 1.11. The fourth-order valence-electron chi connectivity index (χ4n) is 3.42. The topological polar surface area (TPSA) is 0 Å². The third-order valence-corrected chi connectivity index (χ3v) is 6.02. The molecule has 0 saturated carbocycles. The van der Waals surface area contributed by atoms with Crippen molar-refractivity contribution in [2.24, 2.45) is 0 Å². The van der Waals surface area contributed by atoms with Crippen LogP contribution in [0.25, 0.3) is 12.2 Å². The monoisotopic (exact) mass is 510 g/mol. The van der Waals surface area contributed by atoms with Crippen LogP contribution in [0.1, 0.15) is 101 Å². The van der Waals surface area contributed by atoms with Crippen molar-refractivity contribution in [2.45, 2.75) is 91.9 Å². The van der Waals surface area contributed by atoms with E-state index in [9.17, 15) is 0 Å². The van der Waals surface area contributed by atoms with Gasteiger partial charge < -0.3 is 0 Å². The fraction of sp³-hybridized carbons (Fsp3) is 0.368. The first-order chi connectivity index (χ1) is 18.6. The van der Waals surface area contributed by atoms with Gasteiger partial charge >= 0.3 is 0 Å². The Kier molecular flexibility index (Phi) is 24.7. The van der Waals surface area contributed by atoms with Crippen LogP contribution in [0, 0.1) is 0 Å². The van der Waals surface area contributed by atoms with Crippen LogP contribution >= 0.6 is 0 Å². The van der Waals surface area contributed by atoms with Crippen LogP contribution in [0.2, 0.25) is 0 Å². The Bertz CT molecular complexity index is 818. The number of hydrogen-bond acceptors (Lipinski definition) is 0. The maximum absolute atomic E-state index is 3.69. The highest BCUT2D eigenvalue weighted by atomic mass is 13.9. The minimum absolute atomic E-state index is 1.11. The van der Waals surface area contributed by atoms with Crippen LogP contribution in [0.5, 0.6) is 0 Å². The number of rotatable bonds is 9. The van der Waals surface area contributed by atoms with Gasteiger partial charge in [-0.2, -0.15) is 0 Å². The quantitative estimate of drug-likeness (QED) is 0.294. The lowest BCUT2D eigenvalue weighted by Gasteiger charge is -1.95. The summed E-state index contributed by atoms with van der Waals surface area (Å²) in [5, 5.41) is 0. The van der Waals surface area contributed by atoms with Gasteiger partial charge in [-0.05, 0) is 47.9 Å². The molecule has 2 aliphatic rings. The van der Waals surface area contributed by atoms with E-state index in [0.29, 0.717) is 0 Å². The molecule has 2 aromatic rings. The van der Waals surface area contributed by atoms with Gasteiger partial charge in [0.1, 0.15) is 0 Å². The first-order valence-corrected chi connectivity index (χ1v) is 14.7. The van der Waals surface area contributed by atoms with E-state index in [-0.39, 0.29) is 0 Å². The predicted octanol–water partition coefficient (Wildman–Crippen LogP) is 12.2. The molecule has 0 heteroatoms. The average Bonchev–Trinajstić information content (AvgIpc) is 3.76. The molecule has 2 aromatic carbocycles. The standard InChI is InChI=1S/2C10H12.C8H18.2C5H6/c2*1-3-9-5-7-10(4-2)8-6-9;1-3-5-7-8-6-4-2;2*1-2-4-5-3-1/h2*3,5-8H,1,4H2,2H3;3-8H2,1-2H3;2*1-4H,5H2. The Morgan fingerprint density at radius 3 is 1.00 bits per heavy atom. The van der Waals surface area contributed by atoms with E-state index >= 15 is 0 Å². The Morgan fingerprint density at radius 1 is 0.500 bits per heavy atom. The number of aryl methyl sites for hydroxylation is 2. The Balaban J connectivity index is 0.000000463. The molecule has 0 bridgehead atoms. The second kappa shape index (κ2) is 26.9. The third-order valence-electron chi connectivity index (χ3n) is 6.02. The Labute approximate surface area is 236 Å². The molecule has 0 fully saturated rings. The first-order valence-electron chi connectivity index (χ1n) is 14.7. The molecule has 0 saturated heterocycles. The molecule has 0 unspecified atom stereocenters. The van der Waals surface area contributed by atoms with Crippen molar-refractivity contribution in [3.63, 3.8) is 0 Å². The van der Waals surface area contributed by atoms with Crippen molar-refractivity contribution in [3.05, 3.63) is 133 Å². The van der Waals surface area contributed by atoms with Crippen molar-refractivity contribution in [1.29, 1.82) is 0 Å². The summed E-state index contributed by atoms with van der Waals surface area (Å²) in [5.41, 5.74) is 5.14. The van der Waals surface area contributed by atoms with Crippen molar-refractivity contribution in [3.8, 4) is 0 Å². The molecular formula is C38H54. The van der Waals surface area contributed by atoms with Crippen LogP contribution < -0.4 is 0 Å². The number of benzene rings is 2. The summed E-state index contributed by atoms with van der Waals surface area (Å²) in [6.07, 6.45) is 33.4. The van der Waals surface area contributed by atoms with Gasteiger partial charge in [-0.1, -0.05) is 189 Å². The molecule has 0 atom stereocenters. The van der Waals surface area contributed by atoms with Crippen LogP contribution in [0.15, 0.2) is 110 Å². The van der Waals surface area contributed by atoms with Gasteiger partial charge in [0, 0.05) is 0 Å². The SMILES string of the molecule is C1=CCC=C1.C1=CCC=C1.C=Cc1ccc(CC)cc1.C=Cc1ccc(CC)cc1.CCCCCCCC. The van der Waals surface area contributed by atoms with Crippen LogP contribution in [0.3, 0.4) is 0 Å². The summed E-state index contributed by atoms with van der Waals surface area (Å²) in [5.74, 6) is 0. The van der Waals surface area contributed by atoms with Crippen molar-refractivity contribution in [2.75, 3.05) is 0 Å². The summed E-state index contributed by atoms with van der Waals surface area (Å²) in [4.78, 5) is 0. The molecule has 4 rings (SSSR count). The zero-order valence-corrected chi connectivity index (χ0v) is 24.9. The lowest BCUT2D eigenvalue weighted by Crippen LogP contribution is -1.78. The smallest absolute Gasteiger partial charge is 0.0163 e. The fourth-order valence-corrected chi connectivity index (χ4v) is 3.42. The zero-order chi connectivity index (χ0) is 28.1. The number of unbranched alkanes of at least 4 members (excludes halogenated alkanes) is 5. The predicted molar refractivity (Wildman–Crippen MR) is 177 cm³/mol. The summed E-state index contributed by atoms with van der Waals surface area (Å²) in [6.45, 7) is 16.2. The van der Waals surface area contributed by atoms with Crippen LogP contribution in [-0.4, -0.2) is 0 Å². The summed E-state index contributed by atoms with van der Waals surface area (Å²) in [6, 6.07) is 16.9. The van der Waals surface area contributed by atoms with E-state index in [2.05, 4.69) is 138 Å². The minimum Gasteiger partial charge on any atom is -0.0985 e. The van der Waals surface area contributed by atoms with E-state index in [0.717, 1.165) is 25.7 Å². The van der Waals surface area contributed by atoms with Crippen molar-refractivity contribution in [1.82, 2.24) is 0 Å². The summed E-state index contributed by atoms with van der Waals surface area (Å²) in [7, 11) is 0. The average molecular weight is 511 g/mol. The van der Waals surface area contributed by atoms with E-state index in [1.165, 1.54) is 60.8 Å². The highest BCUT2D eigenvalue weighted by Crippen LogP contribution is 2.06.